The molecule has 0 bridgehead atoms. The van der Waals surface area contributed by atoms with E-state index < -0.39 is 0 Å². The molecular weight excluding hydrogens is 144 g/mol. The van der Waals surface area contributed by atoms with Gasteiger partial charge in [0, 0.05) is 0 Å². The Hall–Kier alpha value is -1.04. The van der Waals surface area contributed by atoms with Crippen LogP contribution in [0.1, 0.15) is 25.0 Å². The van der Waals surface area contributed by atoms with Crippen molar-refractivity contribution in [3.8, 4) is 0 Å². The number of rotatable bonds is 0. The molecule has 0 aromatic heterocycles. The van der Waals surface area contributed by atoms with Gasteiger partial charge in [-0.15, -0.1) is 0 Å². The van der Waals surface area contributed by atoms with Crippen molar-refractivity contribution in [3.63, 3.8) is 0 Å². The van der Waals surface area contributed by atoms with Crippen molar-refractivity contribution in [2.75, 3.05) is 0 Å². The Morgan fingerprint density at radius 2 is 1.75 bits per heavy atom. The molecule has 0 nitrogen and oxygen atoms in total. The van der Waals surface area contributed by atoms with E-state index in [0.717, 1.165) is 0 Å². The molecule has 0 spiro atoms. The molecule has 0 heterocycles. The van der Waals surface area contributed by atoms with Crippen LogP contribution in [0.15, 0.2) is 12.1 Å². The first-order chi connectivity index (χ1) is 5.54. The Morgan fingerprint density at radius 3 is 2.25 bits per heavy atom. The molecule has 1 aromatic rings. The summed E-state index contributed by atoms with van der Waals surface area (Å²) < 4.78 is 0. The highest BCUT2D eigenvalue weighted by Crippen LogP contribution is 1.96. The monoisotopic (exact) mass is 160 g/mol. The number of hydrogen-bond donors (Lipinski definition) is 0. The summed E-state index contributed by atoms with van der Waals surface area (Å²) in [6.07, 6.45) is 0. The van der Waals surface area contributed by atoms with E-state index in [-0.39, 0.29) is 0 Å². The molecule has 0 atom stereocenters. The summed E-state index contributed by atoms with van der Waals surface area (Å²) in [4.78, 5) is 0. The molecule has 1 aromatic carbocycles. The standard InChI is InChI=1S/C12H16/c1-8(2)12-7-6-9(3)10(4)11(12)5/h6-7H,5H2,1-4H3. The van der Waals surface area contributed by atoms with Gasteiger partial charge < -0.3 is 0 Å². The maximum Gasteiger partial charge on any atom is -0.0201 e. The van der Waals surface area contributed by atoms with Crippen molar-refractivity contribution in [3.05, 3.63) is 33.7 Å². The second kappa shape index (κ2) is 3.14. The van der Waals surface area contributed by atoms with Crippen LogP contribution in [0.5, 0.6) is 0 Å². The lowest BCUT2D eigenvalue weighted by Gasteiger charge is -2.01. The number of hydrogen-bond acceptors (Lipinski definition) is 0. The van der Waals surface area contributed by atoms with E-state index >= 15 is 0 Å². The van der Waals surface area contributed by atoms with Gasteiger partial charge in [0.25, 0.3) is 0 Å². The third kappa shape index (κ3) is 1.42. The molecule has 0 N–H and O–H groups in total. The van der Waals surface area contributed by atoms with Crippen LogP contribution in [-0.2, 0) is 0 Å². The number of aryl methyl sites for hydroxylation is 1. The third-order valence-corrected chi connectivity index (χ3v) is 2.41. The van der Waals surface area contributed by atoms with E-state index in [1.807, 2.05) is 0 Å². The van der Waals surface area contributed by atoms with Crippen LogP contribution >= 0.6 is 0 Å². The van der Waals surface area contributed by atoms with Gasteiger partial charge in [-0.2, -0.15) is 0 Å². The van der Waals surface area contributed by atoms with Crippen molar-refractivity contribution in [2.45, 2.75) is 27.7 Å². The summed E-state index contributed by atoms with van der Waals surface area (Å²) in [5, 5.41) is 2.47. The van der Waals surface area contributed by atoms with E-state index in [4.69, 9.17) is 0 Å². The summed E-state index contributed by atoms with van der Waals surface area (Å²) in [5.41, 5.74) is 3.97. The Balaban J connectivity index is 3.72. The Bertz CT molecular complexity index is 393. The van der Waals surface area contributed by atoms with Gasteiger partial charge >= 0.3 is 0 Å². The van der Waals surface area contributed by atoms with Gasteiger partial charge in [0.05, 0.1) is 0 Å². The SMILES string of the molecule is C=c1c(C)c(C)ccc1=C(C)C. The first-order valence-corrected chi connectivity index (χ1v) is 4.26. The lowest BCUT2D eigenvalue weighted by Crippen LogP contribution is -2.27. The highest BCUT2D eigenvalue weighted by Gasteiger charge is 1.93. The van der Waals surface area contributed by atoms with Gasteiger partial charge in [-0.3, -0.25) is 0 Å². The summed E-state index contributed by atoms with van der Waals surface area (Å²) in [7, 11) is 0. The topological polar surface area (TPSA) is 0 Å². The van der Waals surface area contributed by atoms with Crippen LogP contribution < -0.4 is 10.4 Å². The average molecular weight is 160 g/mol. The van der Waals surface area contributed by atoms with Gasteiger partial charge in [0.2, 0.25) is 0 Å². The quantitative estimate of drug-likeness (QED) is 0.544. The van der Waals surface area contributed by atoms with E-state index in [0.29, 0.717) is 0 Å². The molecule has 0 heteroatoms. The molecule has 0 aliphatic heterocycles. The van der Waals surface area contributed by atoms with Gasteiger partial charge in [-0.1, -0.05) is 24.3 Å². The summed E-state index contributed by atoms with van der Waals surface area (Å²) in [6, 6.07) is 4.31. The predicted octanol–water partition coefficient (Wildman–Crippen LogP) is 1.90. The van der Waals surface area contributed by atoms with E-state index in [9.17, 15) is 0 Å². The van der Waals surface area contributed by atoms with Gasteiger partial charge in [-0.25, -0.2) is 0 Å². The van der Waals surface area contributed by atoms with Crippen molar-refractivity contribution in [2.24, 2.45) is 0 Å². The minimum atomic E-state index is 1.18. The molecule has 0 saturated heterocycles. The minimum Gasteiger partial charge on any atom is -0.0909 e. The molecule has 0 radical (unpaired) electrons. The molecule has 0 unspecified atom stereocenters. The first kappa shape index (κ1) is 9.05. The Morgan fingerprint density at radius 1 is 1.17 bits per heavy atom. The zero-order valence-electron chi connectivity index (χ0n) is 8.36. The fourth-order valence-electron chi connectivity index (χ4n) is 1.34. The number of benzene rings is 1. The second-order valence-electron chi connectivity index (χ2n) is 3.53. The Kier molecular flexibility index (Phi) is 2.37. The van der Waals surface area contributed by atoms with Crippen molar-refractivity contribution in [1.82, 2.24) is 0 Å². The van der Waals surface area contributed by atoms with Crippen LogP contribution in [0.2, 0.25) is 0 Å². The van der Waals surface area contributed by atoms with Crippen LogP contribution in [0.4, 0.5) is 0 Å². The predicted molar refractivity (Wildman–Crippen MR) is 55.4 cm³/mol. The molecule has 1 rings (SSSR count). The second-order valence-corrected chi connectivity index (χ2v) is 3.53. The zero-order chi connectivity index (χ0) is 9.30. The Labute approximate surface area is 74.2 Å². The molecule has 0 fully saturated rings. The van der Waals surface area contributed by atoms with Crippen LogP contribution in [-0.4, -0.2) is 0 Å². The summed E-state index contributed by atoms with van der Waals surface area (Å²) >= 11 is 0. The normalized spacial score (nSPS) is 10.0. The fourth-order valence-corrected chi connectivity index (χ4v) is 1.34. The maximum atomic E-state index is 4.08. The smallest absolute Gasteiger partial charge is 0.0201 e. The summed E-state index contributed by atoms with van der Waals surface area (Å²) in [6.45, 7) is 12.6. The van der Waals surface area contributed by atoms with Crippen molar-refractivity contribution < 1.29 is 0 Å². The lowest BCUT2D eigenvalue weighted by molar-refractivity contribution is 1.27. The van der Waals surface area contributed by atoms with Crippen molar-refractivity contribution >= 4 is 12.2 Å². The van der Waals surface area contributed by atoms with Crippen LogP contribution in [0.25, 0.3) is 12.2 Å². The van der Waals surface area contributed by atoms with Gasteiger partial charge in [0.1, 0.15) is 0 Å². The molecular formula is C12H16. The maximum absolute atomic E-state index is 4.08. The van der Waals surface area contributed by atoms with Gasteiger partial charge in [0.15, 0.2) is 0 Å². The fraction of sp³-hybridized carbons (Fsp3) is 0.333. The van der Waals surface area contributed by atoms with E-state index in [1.54, 1.807) is 0 Å². The molecule has 12 heavy (non-hydrogen) atoms. The van der Waals surface area contributed by atoms with Crippen LogP contribution in [0, 0.1) is 13.8 Å². The molecule has 0 aliphatic rings. The largest absolute Gasteiger partial charge is 0.0909 e. The van der Waals surface area contributed by atoms with Crippen LogP contribution in [0.3, 0.4) is 0 Å². The zero-order valence-corrected chi connectivity index (χ0v) is 8.36. The van der Waals surface area contributed by atoms with Crippen molar-refractivity contribution in [1.29, 1.82) is 0 Å². The highest BCUT2D eigenvalue weighted by atomic mass is 14.0. The molecule has 64 valence electrons. The average Bonchev–Trinajstić information content (AvgIpc) is 2.00. The molecule has 0 aliphatic carbocycles. The first-order valence-electron chi connectivity index (χ1n) is 4.26. The summed E-state index contributed by atoms with van der Waals surface area (Å²) in [5.74, 6) is 0. The van der Waals surface area contributed by atoms with Gasteiger partial charge in [-0.05, 0) is 49.3 Å². The van der Waals surface area contributed by atoms with E-state index in [2.05, 4.69) is 46.4 Å². The minimum absolute atomic E-state index is 1.18. The molecule has 0 amide bonds. The highest BCUT2D eigenvalue weighted by molar-refractivity contribution is 5.42. The third-order valence-electron chi connectivity index (χ3n) is 2.41. The molecule has 0 saturated carbocycles. The van der Waals surface area contributed by atoms with E-state index in [1.165, 1.54) is 27.1 Å². The lowest BCUT2D eigenvalue weighted by atomic mass is 10.0.